The lowest BCUT2D eigenvalue weighted by atomic mass is 9.93. The molecule has 0 spiro atoms. The van der Waals surface area contributed by atoms with E-state index in [-0.39, 0.29) is 24.2 Å². The zero-order valence-electron chi connectivity index (χ0n) is 17.8. The molecule has 0 aliphatic heterocycles. The lowest BCUT2D eigenvalue weighted by Crippen LogP contribution is -2.24. The van der Waals surface area contributed by atoms with Crippen molar-refractivity contribution in [3.8, 4) is 0 Å². The van der Waals surface area contributed by atoms with Crippen molar-refractivity contribution in [3.63, 3.8) is 0 Å². The summed E-state index contributed by atoms with van der Waals surface area (Å²) in [4.78, 5) is 25.4. The van der Waals surface area contributed by atoms with Crippen LogP contribution in [0.4, 0.5) is 0 Å². The van der Waals surface area contributed by atoms with Gasteiger partial charge in [-0.2, -0.15) is 5.10 Å². The molecule has 32 heavy (non-hydrogen) atoms. The van der Waals surface area contributed by atoms with Crippen molar-refractivity contribution in [2.75, 3.05) is 0 Å². The van der Waals surface area contributed by atoms with E-state index in [9.17, 15) is 9.59 Å². The van der Waals surface area contributed by atoms with Crippen molar-refractivity contribution < 1.29 is 9.59 Å². The molecule has 1 atom stereocenters. The van der Waals surface area contributed by atoms with Crippen LogP contribution in [0.3, 0.4) is 0 Å². The van der Waals surface area contributed by atoms with E-state index in [1.54, 1.807) is 29.2 Å². The molecule has 1 heterocycles. The van der Waals surface area contributed by atoms with Gasteiger partial charge in [0.15, 0.2) is 5.78 Å². The first-order chi connectivity index (χ1) is 15.6. The van der Waals surface area contributed by atoms with Crippen LogP contribution in [0.5, 0.6) is 0 Å². The van der Waals surface area contributed by atoms with Gasteiger partial charge in [0.05, 0.1) is 17.8 Å². The van der Waals surface area contributed by atoms with Gasteiger partial charge in [0.1, 0.15) is 0 Å². The fraction of sp³-hybridized carbons (Fsp3) is 0.148. The first-order valence-corrected chi connectivity index (χ1v) is 10.7. The number of aromatic nitrogens is 2. The van der Waals surface area contributed by atoms with Gasteiger partial charge in [-0.1, -0.05) is 66.7 Å². The molecule has 5 nitrogen and oxygen atoms in total. The lowest BCUT2D eigenvalue weighted by molar-refractivity contribution is -0.114. The van der Waals surface area contributed by atoms with Gasteiger partial charge in [0, 0.05) is 23.9 Å². The van der Waals surface area contributed by atoms with E-state index in [0.29, 0.717) is 16.8 Å². The molecule has 0 radical (unpaired) electrons. The molecule has 0 saturated carbocycles. The summed E-state index contributed by atoms with van der Waals surface area (Å²) >= 11 is 0. The summed E-state index contributed by atoms with van der Waals surface area (Å²) in [5.41, 5.74) is 6.29. The third-order valence-corrected chi connectivity index (χ3v) is 6.02. The number of hydrogen-bond acceptors (Lipinski definition) is 3. The number of benzene rings is 2. The van der Waals surface area contributed by atoms with Gasteiger partial charge in [-0.3, -0.25) is 14.3 Å². The fourth-order valence-corrected chi connectivity index (χ4v) is 4.17. The number of fused-ring (bicyclic) bond motifs is 1. The van der Waals surface area contributed by atoms with Crippen LogP contribution in [0.25, 0.3) is 6.08 Å². The molecule has 0 fully saturated rings. The number of nitrogens with one attached hydrogen (secondary N) is 1. The van der Waals surface area contributed by atoms with E-state index >= 15 is 0 Å². The van der Waals surface area contributed by atoms with Gasteiger partial charge in [-0.25, -0.2) is 0 Å². The Morgan fingerprint density at radius 2 is 1.84 bits per heavy atom. The van der Waals surface area contributed by atoms with Gasteiger partial charge in [-0.05, 0) is 41.7 Å². The molecule has 1 N–H and O–H groups in total. The average molecular weight is 422 g/mol. The van der Waals surface area contributed by atoms with Crippen LogP contribution in [-0.4, -0.2) is 21.5 Å². The topological polar surface area (TPSA) is 64.0 Å². The minimum atomic E-state index is -0.239. The van der Waals surface area contributed by atoms with Crippen LogP contribution in [0, 0.1) is 0 Å². The van der Waals surface area contributed by atoms with E-state index in [1.165, 1.54) is 5.56 Å². The summed E-state index contributed by atoms with van der Waals surface area (Å²) in [7, 11) is 0. The number of rotatable bonds is 5. The quantitative estimate of drug-likeness (QED) is 0.653. The summed E-state index contributed by atoms with van der Waals surface area (Å²) in [6.07, 6.45) is 9.96. The summed E-state index contributed by atoms with van der Waals surface area (Å²) < 4.78 is 1.78. The van der Waals surface area contributed by atoms with E-state index in [4.69, 9.17) is 0 Å². The van der Waals surface area contributed by atoms with Crippen molar-refractivity contribution in [3.05, 3.63) is 118 Å². The Bertz CT molecular complexity index is 1300. The summed E-state index contributed by atoms with van der Waals surface area (Å²) in [6, 6.07) is 18.2. The SMILES string of the molecule is C[C@@H](c1ccccc1)n1cc(C(=O)NC2=CCC(=O)C(C3=Cc4ccccc4C3)=C2)cn1. The maximum Gasteiger partial charge on any atom is 0.258 e. The van der Waals surface area contributed by atoms with Crippen LogP contribution in [0.15, 0.2) is 96.0 Å². The Labute approximate surface area is 186 Å². The number of Topliss-reactive ketones (excluding diaryl/α,β-unsaturated/α-hetero) is 1. The van der Waals surface area contributed by atoms with Crippen molar-refractivity contribution in [1.29, 1.82) is 0 Å². The van der Waals surface area contributed by atoms with E-state index in [1.807, 2.05) is 49.4 Å². The van der Waals surface area contributed by atoms with Crippen LogP contribution < -0.4 is 5.32 Å². The van der Waals surface area contributed by atoms with Crippen LogP contribution in [-0.2, 0) is 11.2 Å². The zero-order valence-corrected chi connectivity index (χ0v) is 17.8. The third kappa shape index (κ3) is 3.85. The van der Waals surface area contributed by atoms with E-state index in [0.717, 1.165) is 23.1 Å². The van der Waals surface area contributed by atoms with Gasteiger partial charge in [0.2, 0.25) is 0 Å². The minimum absolute atomic E-state index is 0.0201. The highest BCUT2D eigenvalue weighted by atomic mass is 16.1. The second-order valence-electron chi connectivity index (χ2n) is 8.14. The minimum Gasteiger partial charge on any atom is -0.322 e. The maximum atomic E-state index is 12.8. The van der Waals surface area contributed by atoms with Gasteiger partial charge >= 0.3 is 0 Å². The standard InChI is InChI=1S/C27H23N3O2/c1-18(19-7-3-2-4-8-19)30-17-23(16-28-30)27(32)29-24-11-12-26(31)25(15-24)22-13-20-9-5-6-10-21(20)14-22/h2-11,13,15-18H,12,14H2,1H3,(H,29,32)/t18-/m0/s1. The number of carbonyl (C=O) groups is 2. The second kappa shape index (κ2) is 8.27. The molecule has 158 valence electrons. The Morgan fingerprint density at radius 1 is 1.06 bits per heavy atom. The fourth-order valence-electron chi connectivity index (χ4n) is 4.17. The van der Waals surface area contributed by atoms with Crippen LogP contribution in [0.2, 0.25) is 0 Å². The number of ketones is 1. The number of carbonyl (C=O) groups excluding carboxylic acids is 2. The van der Waals surface area contributed by atoms with Crippen LogP contribution in [0.1, 0.15) is 46.4 Å². The highest BCUT2D eigenvalue weighted by molar-refractivity contribution is 6.04. The molecule has 3 aromatic rings. The highest BCUT2D eigenvalue weighted by Crippen LogP contribution is 2.32. The summed E-state index contributed by atoms with van der Waals surface area (Å²) in [6.45, 7) is 2.04. The largest absolute Gasteiger partial charge is 0.322 e. The molecule has 0 saturated heterocycles. The number of amides is 1. The Morgan fingerprint density at radius 3 is 2.66 bits per heavy atom. The molecule has 5 heteroatoms. The molecule has 0 unspecified atom stereocenters. The normalized spacial score (nSPS) is 16.0. The molecule has 2 aromatic carbocycles. The highest BCUT2D eigenvalue weighted by Gasteiger charge is 2.23. The second-order valence-corrected chi connectivity index (χ2v) is 8.14. The molecular formula is C27H23N3O2. The van der Waals surface area contributed by atoms with Crippen molar-refractivity contribution in [1.82, 2.24) is 15.1 Å². The predicted molar refractivity (Wildman–Crippen MR) is 124 cm³/mol. The van der Waals surface area contributed by atoms with Crippen molar-refractivity contribution >= 4 is 17.8 Å². The van der Waals surface area contributed by atoms with Crippen molar-refractivity contribution in [2.24, 2.45) is 0 Å². The molecule has 1 amide bonds. The molecule has 2 aliphatic carbocycles. The summed E-state index contributed by atoms with van der Waals surface area (Å²) in [5, 5.41) is 7.31. The lowest BCUT2D eigenvalue weighted by Gasteiger charge is -2.15. The number of hydrogen-bond donors (Lipinski definition) is 1. The molecule has 0 bridgehead atoms. The number of nitrogens with zero attached hydrogens (tertiary/aromatic N) is 2. The Kier molecular flexibility index (Phi) is 5.15. The average Bonchev–Trinajstić information content (AvgIpc) is 3.48. The van der Waals surface area contributed by atoms with Gasteiger partial charge < -0.3 is 5.32 Å². The molecular weight excluding hydrogens is 398 g/mol. The van der Waals surface area contributed by atoms with E-state index < -0.39 is 0 Å². The maximum absolute atomic E-state index is 12.8. The Balaban J connectivity index is 1.31. The van der Waals surface area contributed by atoms with Crippen molar-refractivity contribution in [2.45, 2.75) is 25.8 Å². The van der Waals surface area contributed by atoms with E-state index in [2.05, 4.69) is 28.6 Å². The predicted octanol–water partition coefficient (Wildman–Crippen LogP) is 4.65. The molecule has 5 rings (SSSR count). The zero-order chi connectivity index (χ0) is 22.1. The number of allylic oxidation sites excluding steroid dienone is 4. The monoisotopic (exact) mass is 421 g/mol. The Hall–Kier alpha value is -3.99. The smallest absolute Gasteiger partial charge is 0.258 e. The third-order valence-electron chi connectivity index (χ3n) is 6.02. The molecule has 2 aliphatic rings. The molecule has 1 aromatic heterocycles. The first kappa shape index (κ1) is 19.9. The summed E-state index contributed by atoms with van der Waals surface area (Å²) in [5.74, 6) is -0.164. The van der Waals surface area contributed by atoms with Crippen LogP contribution >= 0.6 is 0 Å². The first-order valence-electron chi connectivity index (χ1n) is 10.7. The van der Waals surface area contributed by atoms with Gasteiger partial charge in [0.25, 0.3) is 5.91 Å². The van der Waals surface area contributed by atoms with Gasteiger partial charge in [-0.15, -0.1) is 0 Å².